The van der Waals surface area contributed by atoms with Gasteiger partial charge in [0.2, 0.25) is 0 Å². The molecule has 0 aromatic rings. The van der Waals surface area contributed by atoms with Crippen molar-refractivity contribution in [1.29, 1.82) is 0 Å². The van der Waals surface area contributed by atoms with Gasteiger partial charge in [0.15, 0.2) is 6.10 Å². The molecule has 0 amide bonds. The summed E-state index contributed by atoms with van der Waals surface area (Å²) >= 11 is 0. The Morgan fingerprint density at radius 1 is 0.263 bits per heavy atom. The Balaban J connectivity index is 4.06. The molecular formula is C74H134O6. The smallest absolute Gasteiger partial charge is 0.306 e. The van der Waals surface area contributed by atoms with Crippen LogP contribution in [0.4, 0.5) is 0 Å². The molecular weight excluding hydrogens is 985 g/mol. The quantitative estimate of drug-likeness (QED) is 0.0261. The van der Waals surface area contributed by atoms with E-state index in [0.717, 1.165) is 64.2 Å². The van der Waals surface area contributed by atoms with Crippen LogP contribution >= 0.6 is 0 Å². The average molecular weight is 1120 g/mol. The summed E-state index contributed by atoms with van der Waals surface area (Å²) < 4.78 is 16.9. The van der Waals surface area contributed by atoms with Gasteiger partial charge < -0.3 is 14.2 Å². The monoisotopic (exact) mass is 1120 g/mol. The van der Waals surface area contributed by atoms with Gasteiger partial charge in [0, 0.05) is 19.3 Å². The summed E-state index contributed by atoms with van der Waals surface area (Å²) in [5.74, 6) is -0.956. The normalized spacial score (nSPS) is 12.4. The Bertz CT molecular complexity index is 1430. The van der Waals surface area contributed by atoms with Crippen LogP contribution in [0.25, 0.3) is 0 Å². The van der Waals surface area contributed by atoms with Crippen molar-refractivity contribution >= 4 is 17.9 Å². The summed E-state index contributed by atoms with van der Waals surface area (Å²) in [4.78, 5) is 38.2. The van der Waals surface area contributed by atoms with Crippen molar-refractivity contribution in [2.75, 3.05) is 13.2 Å². The third-order valence-corrected chi connectivity index (χ3v) is 15.8. The minimum Gasteiger partial charge on any atom is -0.462 e. The van der Waals surface area contributed by atoms with E-state index in [1.165, 1.54) is 263 Å². The molecule has 0 saturated heterocycles. The highest BCUT2D eigenvalue weighted by molar-refractivity contribution is 5.71. The first-order chi connectivity index (χ1) is 39.5. The van der Waals surface area contributed by atoms with E-state index in [0.29, 0.717) is 19.3 Å². The molecule has 466 valence electrons. The van der Waals surface area contributed by atoms with Crippen molar-refractivity contribution < 1.29 is 28.6 Å². The van der Waals surface area contributed by atoms with Crippen molar-refractivity contribution in [3.63, 3.8) is 0 Å². The molecule has 6 heteroatoms. The molecule has 0 radical (unpaired) electrons. The van der Waals surface area contributed by atoms with Crippen molar-refractivity contribution in [3.8, 4) is 0 Å². The second-order valence-electron chi connectivity index (χ2n) is 23.8. The van der Waals surface area contributed by atoms with Crippen LogP contribution < -0.4 is 0 Å². The van der Waals surface area contributed by atoms with Crippen LogP contribution in [0.2, 0.25) is 0 Å². The third kappa shape index (κ3) is 65.9. The third-order valence-electron chi connectivity index (χ3n) is 15.8. The Labute approximate surface area is 498 Å². The van der Waals surface area contributed by atoms with Gasteiger partial charge >= 0.3 is 17.9 Å². The zero-order valence-corrected chi connectivity index (χ0v) is 53.6. The number of hydrogen-bond donors (Lipinski definition) is 0. The molecule has 6 nitrogen and oxygen atoms in total. The Morgan fingerprint density at radius 3 is 0.838 bits per heavy atom. The maximum Gasteiger partial charge on any atom is 0.306 e. The van der Waals surface area contributed by atoms with Gasteiger partial charge in [-0.15, -0.1) is 0 Å². The fourth-order valence-corrected chi connectivity index (χ4v) is 10.5. The van der Waals surface area contributed by atoms with Gasteiger partial charge in [0.1, 0.15) is 13.2 Å². The maximum absolute atomic E-state index is 12.9. The van der Waals surface area contributed by atoms with E-state index in [2.05, 4.69) is 75.5 Å². The van der Waals surface area contributed by atoms with Crippen LogP contribution in [0, 0.1) is 0 Å². The number of esters is 3. The molecule has 0 aliphatic heterocycles. The molecule has 0 heterocycles. The Kier molecular flexibility index (Phi) is 66.1. The zero-order chi connectivity index (χ0) is 57.8. The van der Waals surface area contributed by atoms with Crippen LogP contribution in [0.15, 0.2) is 60.8 Å². The first kappa shape index (κ1) is 77.1. The second kappa shape index (κ2) is 68.6. The predicted molar refractivity (Wildman–Crippen MR) is 348 cm³/mol. The van der Waals surface area contributed by atoms with Crippen LogP contribution in [-0.2, 0) is 28.6 Å². The van der Waals surface area contributed by atoms with Gasteiger partial charge in [-0.2, -0.15) is 0 Å². The average Bonchev–Trinajstić information content (AvgIpc) is 3.46. The Morgan fingerprint density at radius 2 is 0.512 bits per heavy atom. The standard InChI is InChI=1S/C74H134O6/c1-4-7-10-13-16-19-22-25-27-28-29-30-31-32-33-34-35-36-37-38-39-40-41-42-43-44-45-46-47-50-52-55-58-61-64-67-73(76)79-70-71(69-78-72(75)66-63-60-57-54-51-48-24-21-18-15-12-9-6-3)80-74(77)68-65-62-59-56-53-49-26-23-20-17-14-11-8-5-2/h9,12,18,21,28-29,48,51,57,60,71H,4-8,10-11,13-17,19-20,22-27,30-47,49-50,52-56,58-59,61-70H2,1-3H3/b12-9-,21-18-,29-28-,51-48-,60-57-. The maximum atomic E-state index is 12.9. The van der Waals surface area contributed by atoms with Crippen molar-refractivity contribution in [3.05, 3.63) is 60.8 Å². The number of carbonyl (C=O) groups excluding carboxylic acids is 3. The molecule has 0 aromatic carbocycles. The summed E-state index contributed by atoms with van der Waals surface area (Å²) in [6.07, 6.45) is 88.7. The van der Waals surface area contributed by atoms with E-state index in [1.54, 1.807) is 0 Å². The summed E-state index contributed by atoms with van der Waals surface area (Å²) in [7, 11) is 0. The number of rotatable bonds is 65. The van der Waals surface area contributed by atoms with Gasteiger partial charge in [-0.25, -0.2) is 0 Å². The molecule has 0 aromatic heterocycles. The van der Waals surface area contributed by atoms with E-state index in [1.807, 2.05) is 6.08 Å². The first-order valence-corrected chi connectivity index (χ1v) is 35.3. The van der Waals surface area contributed by atoms with Gasteiger partial charge in [0.05, 0.1) is 0 Å². The van der Waals surface area contributed by atoms with Crippen LogP contribution in [-0.4, -0.2) is 37.2 Å². The van der Waals surface area contributed by atoms with Gasteiger partial charge in [-0.3, -0.25) is 14.4 Å². The molecule has 0 aliphatic carbocycles. The van der Waals surface area contributed by atoms with Gasteiger partial charge in [-0.05, 0) is 70.6 Å². The van der Waals surface area contributed by atoms with Crippen LogP contribution in [0.5, 0.6) is 0 Å². The summed E-state index contributed by atoms with van der Waals surface area (Å²) in [6.45, 7) is 6.51. The van der Waals surface area contributed by atoms with Gasteiger partial charge in [0.25, 0.3) is 0 Å². The van der Waals surface area contributed by atoms with Crippen molar-refractivity contribution in [2.45, 2.75) is 380 Å². The highest BCUT2D eigenvalue weighted by Crippen LogP contribution is 2.18. The molecule has 1 unspecified atom stereocenters. The summed E-state index contributed by atoms with van der Waals surface area (Å²) in [5.41, 5.74) is 0. The van der Waals surface area contributed by atoms with E-state index in [9.17, 15) is 14.4 Å². The molecule has 0 bridgehead atoms. The molecule has 0 spiro atoms. The molecule has 80 heavy (non-hydrogen) atoms. The predicted octanol–water partition coefficient (Wildman–Crippen LogP) is 24.3. The lowest BCUT2D eigenvalue weighted by Crippen LogP contribution is -2.30. The molecule has 0 rings (SSSR count). The van der Waals surface area contributed by atoms with E-state index in [4.69, 9.17) is 14.2 Å². The van der Waals surface area contributed by atoms with Crippen LogP contribution in [0.3, 0.4) is 0 Å². The molecule has 0 saturated carbocycles. The highest BCUT2D eigenvalue weighted by Gasteiger charge is 2.19. The summed E-state index contributed by atoms with van der Waals surface area (Å²) in [6, 6.07) is 0. The Hall–Kier alpha value is -2.89. The van der Waals surface area contributed by atoms with Crippen molar-refractivity contribution in [1.82, 2.24) is 0 Å². The topological polar surface area (TPSA) is 78.9 Å². The van der Waals surface area contributed by atoms with E-state index >= 15 is 0 Å². The lowest BCUT2D eigenvalue weighted by molar-refractivity contribution is -0.166. The van der Waals surface area contributed by atoms with Crippen LogP contribution in [0.1, 0.15) is 374 Å². The lowest BCUT2D eigenvalue weighted by atomic mass is 10.0. The van der Waals surface area contributed by atoms with E-state index < -0.39 is 6.10 Å². The largest absolute Gasteiger partial charge is 0.462 e. The fraction of sp³-hybridized carbons (Fsp3) is 0.824. The molecule has 1 atom stereocenters. The number of unbranched alkanes of at least 4 members (excludes halogenated alkanes) is 44. The highest BCUT2D eigenvalue weighted by atomic mass is 16.6. The van der Waals surface area contributed by atoms with Crippen molar-refractivity contribution in [2.24, 2.45) is 0 Å². The minimum absolute atomic E-state index is 0.0913. The van der Waals surface area contributed by atoms with Gasteiger partial charge in [-0.1, -0.05) is 345 Å². The first-order valence-electron chi connectivity index (χ1n) is 35.3. The van der Waals surface area contributed by atoms with E-state index in [-0.39, 0.29) is 37.5 Å². The number of hydrogen-bond acceptors (Lipinski definition) is 6. The number of allylic oxidation sites excluding steroid dienone is 10. The fourth-order valence-electron chi connectivity index (χ4n) is 10.5. The number of carbonyl (C=O) groups is 3. The summed E-state index contributed by atoms with van der Waals surface area (Å²) in [5, 5.41) is 0. The zero-order valence-electron chi connectivity index (χ0n) is 53.6. The second-order valence-corrected chi connectivity index (χ2v) is 23.8. The molecule has 0 aliphatic rings. The SMILES string of the molecule is CC/C=C\C/C=C\C/C=C\C/C=C\CCC(=O)OCC(COC(=O)CCCCCCCCCCCCCCCCCCCCCCCCC/C=C\CCCCCCCCCC)OC(=O)CCCCCCCCCCCCCCCC. The minimum atomic E-state index is -0.800. The number of ether oxygens (including phenoxy) is 3. The lowest BCUT2D eigenvalue weighted by Gasteiger charge is -2.18. The molecule has 0 fully saturated rings. The molecule has 0 N–H and O–H groups in total.